The van der Waals surface area contributed by atoms with Crippen LogP contribution in [0.25, 0.3) is 0 Å². The van der Waals surface area contributed by atoms with Gasteiger partial charge in [-0.05, 0) is 47.5 Å². The van der Waals surface area contributed by atoms with Gasteiger partial charge in [-0.1, -0.05) is 70.0 Å². The van der Waals surface area contributed by atoms with Gasteiger partial charge in [0.15, 0.2) is 0 Å². The largest absolute Gasteiger partial charge is 0.832 e. The first kappa shape index (κ1) is 21.5. The first-order chi connectivity index (χ1) is 14.9. The molecular formula is C25H21BrClN3O. The second-order valence-electron chi connectivity index (χ2n) is 7.33. The molecular weight excluding hydrogens is 474 g/mol. The fourth-order valence-electron chi connectivity index (χ4n) is 3.73. The van der Waals surface area contributed by atoms with E-state index in [1.54, 1.807) is 12.1 Å². The van der Waals surface area contributed by atoms with E-state index in [0.717, 1.165) is 4.47 Å². The van der Waals surface area contributed by atoms with Crippen molar-refractivity contribution in [2.75, 3.05) is 0 Å². The fraction of sp³-hybridized carbons (Fsp3) is 0.120. The Kier molecular flexibility index (Phi) is 6.10. The molecule has 0 N–H and O–H groups in total. The van der Waals surface area contributed by atoms with Crippen LogP contribution in [0.15, 0.2) is 101 Å². The SMILES string of the molecule is Cn1cc[n+](C)c1C([O-])(C(=Nc1ccccc1)c1ccc(Cl)cc1)c1ccc(Br)cc1. The Balaban J connectivity index is 2.06. The maximum absolute atomic E-state index is 15.1. The Bertz CT molecular complexity index is 1200. The van der Waals surface area contributed by atoms with Crippen LogP contribution in [0.1, 0.15) is 17.0 Å². The average Bonchev–Trinajstić information content (AvgIpc) is 3.12. The van der Waals surface area contributed by atoms with Gasteiger partial charge < -0.3 is 5.11 Å². The summed E-state index contributed by atoms with van der Waals surface area (Å²) in [4.78, 5) is 4.89. The van der Waals surface area contributed by atoms with Crippen LogP contribution >= 0.6 is 27.5 Å². The molecule has 4 rings (SSSR count). The van der Waals surface area contributed by atoms with E-state index in [2.05, 4.69) is 15.9 Å². The van der Waals surface area contributed by atoms with Gasteiger partial charge in [-0.3, -0.25) is 4.99 Å². The van der Waals surface area contributed by atoms with Crippen molar-refractivity contribution in [1.82, 2.24) is 4.57 Å². The van der Waals surface area contributed by atoms with E-state index in [4.69, 9.17) is 16.6 Å². The van der Waals surface area contributed by atoms with Crippen molar-refractivity contribution in [3.05, 3.63) is 118 Å². The minimum Gasteiger partial charge on any atom is -0.832 e. The molecule has 0 bridgehead atoms. The molecule has 31 heavy (non-hydrogen) atoms. The Morgan fingerprint density at radius 1 is 1.00 bits per heavy atom. The van der Waals surface area contributed by atoms with E-state index in [1.165, 1.54) is 0 Å². The zero-order chi connectivity index (χ0) is 22.0. The average molecular weight is 495 g/mol. The van der Waals surface area contributed by atoms with Gasteiger partial charge >= 0.3 is 0 Å². The van der Waals surface area contributed by atoms with Crippen LogP contribution in [-0.2, 0) is 19.7 Å². The van der Waals surface area contributed by atoms with Crippen LogP contribution in [0, 0.1) is 0 Å². The smallest absolute Gasteiger partial charge is 0.256 e. The van der Waals surface area contributed by atoms with E-state index in [-0.39, 0.29) is 0 Å². The van der Waals surface area contributed by atoms with Gasteiger partial charge in [-0.2, -0.15) is 0 Å². The van der Waals surface area contributed by atoms with Crippen LogP contribution in [-0.4, -0.2) is 10.3 Å². The highest BCUT2D eigenvalue weighted by atomic mass is 79.9. The molecule has 1 heterocycles. The molecule has 6 heteroatoms. The van der Waals surface area contributed by atoms with E-state index in [0.29, 0.717) is 33.4 Å². The van der Waals surface area contributed by atoms with Crippen LogP contribution in [0.2, 0.25) is 5.02 Å². The van der Waals surface area contributed by atoms with Gasteiger partial charge in [0.25, 0.3) is 5.82 Å². The van der Waals surface area contributed by atoms with Gasteiger partial charge in [-0.15, -0.1) is 0 Å². The number of aliphatic imine (C=N–C) groups is 1. The van der Waals surface area contributed by atoms with Crippen molar-refractivity contribution in [3.63, 3.8) is 0 Å². The van der Waals surface area contributed by atoms with Crippen molar-refractivity contribution in [2.24, 2.45) is 19.1 Å². The Morgan fingerprint density at radius 3 is 2.23 bits per heavy atom. The highest BCUT2D eigenvalue weighted by Gasteiger charge is 2.38. The molecule has 4 nitrogen and oxygen atoms in total. The quantitative estimate of drug-likeness (QED) is 0.293. The summed E-state index contributed by atoms with van der Waals surface area (Å²) in [6.07, 6.45) is 3.76. The molecule has 0 spiro atoms. The number of imidazole rings is 1. The van der Waals surface area contributed by atoms with E-state index in [1.807, 2.05) is 102 Å². The summed E-state index contributed by atoms with van der Waals surface area (Å²) in [6.45, 7) is 0. The van der Waals surface area contributed by atoms with Crippen LogP contribution in [0.4, 0.5) is 5.69 Å². The summed E-state index contributed by atoms with van der Waals surface area (Å²) in [5, 5.41) is 15.7. The fourth-order valence-corrected chi connectivity index (χ4v) is 4.12. The summed E-state index contributed by atoms with van der Waals surface area (Å²) in [6, 6.07) is 24.2. The number of aromatic nitrogens is 2. The lowest BCUT2D eigenvalue weighted by Gasteiger charge is -2.39. The summed E-state index contributed by atoms with van der Waals surface area (Å²) >= 11 is 9.62. The molecule has 1 unspecified atom stereocenters. The first-order valence-electron chi connectivity index (χ1n) is 9.77. The van der Waals surface area contributed by atoms with Crippen LogP contribution in [0.3, 0.4) is 0 Å². The highest BCUT2D eigenvalue weighted by molar-refractivity contribution is 9.10. The molecule has 1 aromatic heterocycles. The lowest BCUT2D eigenvalue weighted by Crippen LogP contribution is -2.57. The van der Waals surface area contributed by atoms with E-state index in [9.17, 15) is 0 Å². The van der Waals surface area contributed by atoms with Crippen molar-refractivity contribution in [2.45, 2.75) is 5.60 Å². The predicted molar refractivity (Wildman–Crippen MR) is 126 cm³/mol. The topological polar surface area (TPSA) is 44.2 Å². The first-order valence-corrected chi connectivity index (χ1v) is 10.9. The zero-order valence-electron chi connectivity index (χ0n) is 17.2. The molecule has 156 valence electrons. The third kappa shape index (κ3) is 4.22. The summed E-state index contributed by atoms with van der Waals surface area (Å²) in [5.41, 5.74) is 0.638. The predicted octanol–water partition coefficient (Wildman–Crippen LogP) is 4.69. The molecule has 3 aromatic carbocycles. The van der Waals surface area contributed by atoms with Crippen molar-refractivity contribution >= 4 is 38.9 Å². The van der Waals surface area contributed by atoms with Crippen LogP contribution in [0.5, 0.6) is 0 Å². The number of para-hydroxylation sites is 1. The molecule has 0 aliphatic heterocycles. The minimum absolute atomic E-state index is 0.398. The molecule has 0 aliphatic carbocycles. The maximum atomic E-state index is 15.1. The van der Waals surface area contributed by atoms with Crippen molar-refractivity contribution in [3.8, 4) is 0 Å². The summed E-state index contributed by atoms with van der Waals surface area (Å²) < 4.78 is 4.61. The van der Waals surface area contributed by atoms with Crippen molar-refractivity contribution in [1.29, 1.82) is 0 Å². The lowest BCUT2D eigenvalue weighted by atomic mass is 9.83. The van der Waals surface area contributed by atoms with E-state index >= 15 is 5.11 Å². The second kappa shape index (κ2) is 8.79. The Labute approximate surface area is 195 Å². The summed E-state index contributed by atoms with van der Waals surface area (Å²) in [5.74, 6) is 0.569. The van der Waals surface area contributed by atoms with Crippen molar-refractivity contribution < 1.29 is 9.67 Å². The number of benzene rings is 3. The minimum atomic E-state index is -1.78. The van der Waals surface area contributed by atoms with Crippen LogP contribution < -0.4 is 9.67 Å². The van der Waals surface area contributed by atoms with Gasteiger partial charge in [0.05, 0.1) is 31.1 Å². The second-order valence-corrected chi connectivity index (χ2v) is 8.69. The van der Waals surface area contributed by atoms with Gasteiger partial charge in [0.2, 0.25) is 0 Å². The zero-order valence-corrected chi connectivity index (χ0v) is 19.5. The molecule has 0 fully saturated rings. The third-order valence-electron chi connectivity index (χ3n) is 5.20. The monoisotopic (exact) mass is 493 g/mol. The molecule has 1 atom stereocenters. The maximum Gasteiger partial charge on any atom is 0.256 e. The van der Waals surface area contributed by atoms with E-state index < -0.39 is 5.60 Å². The number of rotatable bonds is 5. The molecule has 4 aromatic rings. The molecule has 0 saturated carbocycles. The number of hydrogen-bond donors (Lipinski definition) is 0. The highest BCUT2D eigenvalue weighted by Crippen LogP contribution is 2.32. The third-order valence-corrected chi connectivity index (χ3v) is 5.98. The number of aryl methyl sites for hydroxylation is 2. The molecule has 0 aliphatic rings. The normalized spacial score (nSPS) is 13.8. The number of hydrogen-bond acceptors (Lipinski definition) is 2. The Hall–Kier alpha value is -2.73. The van der Waals surface area contributed by atoms with Gasteiger partial charge in [0.1, 0.15) is 12.4 Å². The Morgan fingerprint density at radius 2 is 1.65 bits per heavy atom. The number of halogens is 2. The molecule has 0 amide bonds. The summed E-state index contributed by atoms with van der Waals surface area (Å²) in [7, 11) is 3.76. The van der Waals surface area contributed by atoms with Gasteiger partial charge in [-0.25, -0.2) is 9.13 Å². The lowest BCUT2D eigenvalue weighted by molar-refractivity contribution is -0.696. The number of nitrogens with zero attached hydrogens (tertiary/aromatic N) is 3. The molecule has 0 radical (unpaired) electrons. The standard InChI is InChI=1S/C25H21BrClN3O/c1-29-16-17-30(2)24(29)25(31,19-10-12-20(26)13-11-19)23(18-8-14-21(27)15-9-18)28-22-6-4-3-5-7-22/h3-17H,1-2H3. The molecule has 0 saturated heterocycles. The van der Waals surface area contributed by atoms with Gasteiger partial charge in [0, 0.05) is 9.50 Å².